The molecule has 1 N–H and O–H groups in total. The smallest absolute Gasteiger partial charge is 0.255 e. The Kier molecular flexibility index (Phi) is 4.63. The summed E-state index contributed by atoms with van der Waals surface area (Å²) in [6, 6.07) is 11.0. The Morgan fingerprint density at radius 3 is 2.67 bits per heavy atom. The molecule has 1 aliphatic rings. The van der Waals surface area contributed by atoms with E-state index in [1.807, 2.05) is 18.2 Å². The van der Waals surface area contributed by atoms with Crippen molar-refractivity contribution < 1.29 is 9.53 Å². The average Bonchev–Trinajstić information content (AvgIpc) is 2.58. The largest absolute Gasteiger partial charge is 0.495 e. The summed E-state index contributed by atoms with van der Waals surface area (Å²) in [6.45, 7) is 4.24. The molecule has 0 aliphatic heterocycles. The molecule has 0 aromatic heterocycles. The van der Waals surface area contributed by atoms with Crippen molar-refractivity contribution >= 4 is 23.2 Å². The highest BCUT2D eigenvalue weighted by atomic mass is 35.5. The molecule has 124 valence electrons. The third kappa shape index (κ3) is 2.92. The van der Waals surface area contributed by atoms with E-state index in [0.717, 1.165) is 23.2 Å². The van der Waals surface area contributed by atoms with Gasteiger partial charge < -0.3 is 10.1 Å². The Balaban J connectivity index is 2.06. The van der Waals surface area contributed by atoms with Crippen LogP contribution in [0.25, 0.3) is 0 Å². The standard InChI is InChI=1S/C20H20ClNO2/c1-12-9-10-15-18(13(12)2)17(11-16(21)19(15)24-3)22-20(23)14-7-5-4-6-8-14/h4-9,11,13H,10H2,1-3H3,(H,22,23). The maximum Gasteiger partial charge on any atom is 0.255 e. The van der Waals surface area contributed by atoms with Gasteiger partial charge in [-0.3, -0.25) is 4.79 Å². The Labute approximate surface area is 147 Å². The lowest BCUT2D eigenvalue weighted by molar-refractivity contribution is 0.102. The van der Waals surface area contributed by atoms with Gasteiger partial charge in [-0.15, -0.1) is 0 Å². The molecule has 0 bridgehead atoms. The summed E-state index contributed by atoms with van der Waals surface area (Å²) in [7, 11) is 1.62. The maximum atomic E-state index is 12.6. The molecule has 0 saturated carbocycles. The first-order valence-electron chi connectivity index (χ1n) is 7.95. The van der Waals surface area contributed by atoms with Crippen LogP contribution in [0.3, 0.4) is 0 Å². The van der Waals surface area contributed by atoms with Gasteiger partial charge in [0.1, 0.15) is 5.75 Å². The highest BCUT2D eigenvalue weighted by Crippen LogP contribution is 2.44. The van der Waals surface area contributed by atoms with Crippen molar-refractivity contribution in [3.05, 3.63) is 69.8 Å². The van der Waals surface area contributed by atoms with E-state index < -0.39 is 0 Å². The molecule has 1 amide bonds. The van der Waals surface area contributed by atoms with E-state index >= 15 is 0 Å². The predicted molar refractivity (Wildman–Crippen MR) is 98.3 cm³/mol. The molecule has 1 atom stereocenters. The predicted octanol–water partition coefficient (Wildman–Crippen LogP) is 5.21. The second-order valence-electron chi connectivity index (χ2n) is 6.03. The molecule has 2 aromatic carbocycles. The summed E-state index contributed by atoms with van der Waals surface area (Å²) in [5.41, 5.74) is 4.78. The second-order valence-corrected chi connectivity index (χ2v) is 6.43. The van der Waals surface area contributed by atoms with Gasteiger partial charge in [0.05, 0.1) is 12.1 Å². The molecule has 1 unspecified atom stereocenters. The number of amides is 1. The topological polar surface area (TPSA) is 38.3 Å². The van der Waals surface area contributed by atoms with Crippen LogP contribution in [0.1, 0.15) is 41.3 Å². The van der Waals surface area contributed by atoms with Gasteiger partial charge in [0.2, 0.25) is 0 Å². The molecular formula is C20H20ClNO2. The van der Waals surface area contributed by atoms with E-state index in [4.69, 9.17) is 16.3 Å². The van der Waals surface area contributed by atoms with E-state index in [2.05, 4.69) is 25.2 Å². The van der Waals surface area contributed by atoms with Crippen LogP contribution >= 0.6 is 11.6 Å². The SMILES string of the molecule is COc1c(Cl)cc(NC(=O)c2ccccc2)c2c1CC=C(C)C2C. The number of carbonyl (C=O) groups is 1. The third-order valence-corrected chi connectivity index (χ3v) is 4.89. The monoisotopic (exact) mass is 341 g/mol. The lowest BCUT2D eigenvalue weighted by atomic mass is 9.82. The van der Waals surface area contributed by atoms with Crippen LogP contribution in [-0.4, -0.2) is 13.0 Å². The molecule has 2 aromatic rings. The van der Waals surface area contributed by atoms with Gasteiger partial charge in [0.15, 0.2) is 0 Å². The lowest BCUT2D eigenvalue weighted by Gasteiger charge is -2.27. The van der Waals surface area contributed by atoms with E-state index in [9.17, 15) is 4.79 Å². The summed E-state index contributed by atoms with van der Waals surface area (Å²) in [6.07, 6.45) is 2.94. The van der Waals surface area contributed by atoms with Crippen molar-refractivity contribution in [2.45, 2.75) is 26.2 Å². The zero-order chi connectivity index (χ0) is 17.3. The molecular weight excluding hydrogens is 322 g/mol. The molecule has 0 saturated heterocycles. The van der Waals surface area contributed by atoms with Crippen molar-refractivity contribution in [1.29, 1.82) is 0 Å². The summed E-state index contributed by atoms with van der Waals surface area (Å²) in [5.74, 6) is 0.754. The van der Waals surface area contributed by atoms with Crippen LogP contribution in [0.4, 0.5) is 5.69 Å². The van der Waals surface area contributed by atoms with Gasteiger partial charge in [-0.05, 0) is 37.1 Å². The highest BCUT2D eigenvalue weighted by molar-refractivity contribution is 6.32. The van der Waals surface area contributed by atoms with Gasteiger partial charge in [0, 0.05) is 22.7 Å². The number of carbonyl (C=O) groups excluding carboxylic acids is 1. The number of nitrogens with one attached hydrogen (secondary N) is 1. The number of halogens is 1. The normalized spacial score (nSPS) is 16.2. The fourth-order valence-electron chi connectivity index (χ4n) is 3.17. The van der Waals surface area contributed by atoms with Gasteiger partial charge in [-0.1, -0.05) is 48.4 Å². The zero-order valence-electron chi connectivity index (χ0n) is 14.0. The summed E-state index contributed by atoms with van der Waals surface area (Å²) >= 11 is 6.38. The molecule has 0 radical (unpaired) electrons. The van der Waals surface area contributed by atoms with Crippen LogP contribution in [0, 0.1) is 0 Å². The number of fused-ring (bicyclic) bond motifs is 1. The first kappa shape index (κ1) is 16.6. The van der Waals surface area contributed by atoms with E-state index in [-0.39, 0.29) is 11.8 Å². The minimum Gasteiger partial charge on any atom is -0.495 e. The Morgan fingerprint density at radius 2 is 2.00 bits per heavy atom. The first-order valence-corrected chi connectivity index (χ1v) is 8.33. The summed E-state index contributed by atoms with van der Waals surface area (Å²) in [5, 5.41) is 3.54. The van der Waals surface area contributed by atoms with E-state index in [1.165, 1.54) is 5.57 Å². The molecule has 4 heteroatoms. The maximum absolute atomic E-state index is 12.6. The Morgan fingerprint density at radius 1 is 1.29 bits per heavy atom. The number of hydrogen-bond acceptors (Lipinski definition) is 2. The minimum absolute atomic E-state index is 0.140. The van der Waals surface area contributed by atoms with Gasteiger partial charge >= 0.3 is 0 Å². The number of methoxy groups -OCH3 is 1. The fourth-order valence-corrected chi connectivity index (χ4v) is 3.47. The lowest BCUT2D eigenvalue weighted by Crippen LogP contribution is -2.17. The van der Waals surface area contributed by atoms with Crippen LogP contribution in [0.2, 0.25) is 5.02 Å². The molecule has 0 heterocycles. The quantitative estimate of drug-likeness (QED) is 0.778. The van der Waals surface area contributed by atoms with E-state index in [0.29, 0.717) is 16.3 Å². The summed E-state index contributed by atoms with van der Waals surface area (Å²) < 4.78 is 5.50. The number of hydrogen-bond donors (Lipinski definition) is 1. The number of rotatable bonds is 3. The second kappa shape index (κ2) is 6.70. The van der Waals surface area contributed by atoms with Crippen molar-refractivity contribution in [2.24, 2.45) is 0 Å². The van der Waals surface area contributed by atoms with Crippen molar-refractivity contribution in [3.8, 4) is 5.75 Å². The number of benzene rings is 2. The van der Waals surface area contributed by atoms with Gasteiger partial charge in [-0.2, -0.15) is 0 Å². The van der Waals surface area contributed by atoms with Crippen LogP contribution in [0.15, 0.2) is 48.0 Å². The fraction of sp³-hybridized carbons (Fsp3) is 0.250. The Bertz CT molecular complexity index is 812. The van der Waals surface area contributed by atoms with Gasteiger partial charge in [0.25, 0.3) is 5.91 Å². The molecule has 24 heavy (non-hydrogen) atoms. The van der Waals surface area contributed by atoms with E-state index in [1.54, 1.807) is 25.3 Å². The van der Waals surface area contributed by atoms with Crippen molar-refractivity contribution in [2.75, 3.05) is 12.4 Å². The first-order chi connectivity index (χ1) is 11.5. The average molecular weight is 342 g/mol. The zero-order valence-corrected chi connectivity index (χ0v) is 14.8. The van der Waals surface area contributed by atoms with Crippen molar-refractivity contribution in [3.63, 3.8) is 0 Å². The number of anilines is 1. The van der Waals surface area contributed by atoms with Crippen molar-refractivity contribution in [1.82, 2.24) is 0 Å². The third-order valence-electron chi connectivity index (χ3n) is 4.61. The molecule has 3 nitrogen and oxygen atoms in total. The molecule has 1 aliphatic carbocycles. The van der Waals surface area contributed by atoms with Gasteiger partial charge in [-0.25, -0.2) is 0 Å². The molecule has 0 fully saturated rings. The summed E-state index contributed by atoms with van der Waals surface area (Å²) in [4.78, 5) is 12.6. The Hall–Kier alpha value is -2.26. The van der Waals surface area contributed by atoms with Crippen LogP contribution in [0.5, 0.6) is 5.75 Å². The highest BCUT2D eigenvalue weighted by Gasteiger charge is 2.26. The molecule has 3 rings (SSSR count). The number of ether oxygens (including phenoxy) is 1. The van der Waals surface area contributed by atoms with Crippen LogP contribution < -0.4 is 10.1 Å². The number of allylic oxidation sites excluding steroid dienone is 2. The molecule has 0 spiro atoms. The minimum atomic E-state index is -0.140. The van der Waals surface area contributed by atoms with Crippen LogP contribution in [-0.2, 0) is 6.42 Å².